The molecule has 1 saturated heterocycles. The van der Waals surface area contributed by atoms with Crippen LogP contribution >= 0.6 is 23.5 Å². The van der Waals surface area contributed by atoms with Crippen LogP contribution in [0.1, 0.15) is 78.0 Å². The number of methoxy groups -OCH3 is 1. The van der Waals surface area contributed by atoms with Gasteiger partial charge in [-0.2, -0.15) is 0 Å². The smallest absolute Gasteiger partial charge is 0.192 e. The molecule has 1 fully saturated rings. The molecular formula is C44H66O7S2Si. The number of ether oxygens (including phenoxy) is 5. The SMILES string of the molecule is CCSC(C[C@H](OCc1ccccc1)[C@H](OCc1ccccc1)[C@@H](C)OCc1ccccc1)(SCC)[C@]1(O)C[C@@H](O[Si](C)(C)C(C)(C)C)[C@@H](OC)O[C@@H]1C. The Morgan fingerprint density at radius 1 is 0.796 bits per heavy atom. The van der Waals surface area contributed by atoms with E-state index in [-0.39, 0.29) is 11.1 Å². The first-order chi connectivity index (χ1) is 25.7. The molecule has 3 aromatic rings. The zero-order valence-corrected chi connectivity index (χ0v) is 36.9. The molecule has 10 heteroatoms. The van der Waals surface area contributed by atoms with Gasteiger partial charge in [-0.25, -0.2) is 0 Å². The molecule has 1 aliphatic heterocycles. The lowest BCUT2D eigenvalue weighted by atomic mass is 9.81. The summed E-state index contributed by atoms with van der Waals surface area (Å²) in [6.07, 6.45) is -2.03. The molecule has 0 aromatic heterocycles. The number of rotatable bonds is 21. The maximum atomic E-state index is 13.4. The minimum atomic E-state index is -2.27. The molecule has 1 aliphatic rings. The Kier molecular flexibility index (Phi) is 17.2. The second kappa shape index (κ2) is 20.6. The second-order valence-electron chi connectivity index (χ2n) is 15.8. The van der Waals surface area contributed by atoms with E-state index in [9.17, 15) is 5.11 Å². The van der Waals surface area contributed by atoms with Crippen LogP contribution in [-0.2, 0) is 47.9 Å². The molecule has 0 bridgehead atoms. The average Bonchev–Trinajstić information content (AvgIpc) is 3.15. The summed E-state index contributed by atoms with van der Waals surface area (Å²) in [6, 6.07) is 30.7. The van der Waals surface area contributed by atoms with Gasteiger partial charge in [-0.1, -0.05) is 126 Å². The molecule has 0 saturated carbocycles. The van der Waals surface area contributed by atoms with Crippen molar-refractivity contribution in [2.75, 3.05) is 18.6 Å². The zero-order valence-electron chi connectivity index (χ0n) is 34.3. The summed E-state index contributed by atoms with van der Waals surface area (Å²) in [6.45, 7) is 20.8. The quantitative estimate of drug-likeness (QED) is 0.0837. The predicted octanol–water partition coefficient (Wildman–Crippen LogP) is 10.3. The van der Waals surface area contributed by atoms with Gasteiger partial charge in [0.15, 0.2) is 14.6 Å². The molecule has 7 nitrogen and oxygen atoms in total. The van der Waals surface area contributed by atoms with Gasteiger partial charge in [0, 0.05) is 20.0 Å². The maximum absolute atomic E-state index is 13.4. The third kappa shape index (κ3) is 11.7. The number of benzene rings is 3. The van der Waals surface area contributed by atoms with Gasteiger partial charge in [-0.05, 0) is 60.2 Å². The molecule has 7 atom stereocenters. The zero-order chi connectivity index (χ0) is 39.4. The van der Waals surface area contributed by atoms with Gasteiger partial charge in [0.2, 0.25) is 0 Å². The number of hydrogen-bond donors (Lipinski definition) is 1. The molecule has 54 heavy (non-hydrogen) atoms. The van der Waals surface area contributed by atoms with Crippen molar-refractivity contribution < 1.29 is 33.2 Å². The third-order valence-corrected chi connectivity index (χ3v) is 18.7. The summed E-state index contributed by atoms with van der Waals surface area (Å²) in [5, 5.41) is 13.4. The first-order valence-electron chi connectivity index (χ1n) is 19.5. The third-order valence-electron chi connectivity index (χ3n) is 11.0. The first-order valence-corrected chi connectivity index (χ1v) is 24.4. The van der Waals surface area contributed by atoms with Crippen molar-refractivity contribution in [2.45, 2.75) is 146 Å². The van der Waals surface area contributed by atoms with Crippen molar-refractivity contribution >= 4 is 31.8 Å². The van der Waals surface area contributed by atoms with E-state index in [1.165, 1.54) is 0 Å². The Morgan fingerprint density at radius 2 is 1.26 bits per heavy atom. The van der Waals surface area contributed by atoms with Gasteiger partial charge in [-0.3, -0.25) is 0 Å². The van der Waals surface area contributed by atoms with E-state index in [2.05, 4.69) is 91.0 Å². The van der Waals surface area contributed by atoms with Gasteiger partial charge in [0.25, 0.3) is 0 Å². The van der Waals surface area contributed by atoms with Crippen molar-refractivity contribution in [3.63, 3.8) is 0 Å². The lowest BCUT2D eigenvalue weighted by Gasteiger charge is -2.56. The molecule has 3 aromatic carbocycles. The Balaban J connectivity index is 1.79. The van der Waals surface area contributed by atoms with Crippen LogP contribution in [0.15, 0.2) is 91.0 Å². The van der Waals surface area contributed by atoms with Gasteiger partial charge < -0.3 is 33.2 Å². The Labute approximate surface area is 335 Å². The number of thioether (sulfide) groups is 2. The standard InChI is InChI=1S/C44H66O7S2Si/c1-11-52-44(53-12-2,43(45)28-39(41(46-8)50-34(43)4)51-54(9,10)42(5,6)7)29-38(48-31-36-24-18-14-19-25-36)40(49-32-37-26-20-15-21-27-37)33(3)47-30-35-22-16-13-17-23-35/h13-27,33-34,38-41,45H,11-12,28-32H2,1-10H3/t33-,34-,38+,39-,40-,41+,43+/m1/s1. The van der Waals surface area contributed by atoms with Crippen molar-refractivity contribution in [3.05, 3.63) is 108 Å². The van der Waals surface area contributed by atoms with Gasteiger partial charge in [-0.15, -0.1) is 23.5 Å². The van der Waals surface area contributed by atoms with E-state index >= 15 is 0 Å². The van der Waals surface area contributed by atoms with E-state index in [1.54, 1.807) is 30.6 Å². The minimum Gasteiger partial charge on any atom is -0.409 e. The molecule has 0 aliphatic carbocycles. The van der Waals surface area contributed by atoms with Gasteiger partial charge in [0.1, 0.15) is 11.7 Å². The fourth-order valence-electron chi connectivity index (χ4n) is 6.87. The molecule has 0 radical (unpaired) electrons. The fraction of sp³-hybridized carbons (Fsp3) is 0.591. The molecule has 1 N–H and O–H groups in total. The van der Waals surface area contributed by atoms with E-state index in [0.29, 0.717) is 32.7 Å². The summed E-state index contributed by atoms with van der Waals surface area (Å²) in [5.74, 6) is 1.56. The van der Waals surface area contributed by atoms with E-state index in [0.717, 1.165) is 28.2 Å². The molecule has 4 rings (SSSR count). The van der Waals surface area contributed by atoms with E-state index in [4.69, 9.17) is 28.1 Å². The summed E-state index contributed by atoms with van der Waals surface area (Å²) in [5.41, 5.74) is 1.91. The van der Waals surface area contributed by atoms with Crippen molar-refractivity contribution in [1.29, 1.82) is 0 Å². The first kappa shape index (κ1) is 45.0. The Hall–Kier alpha value is -1.70. The molecule has 0 amide bonds. The lowest BCUT2D eigenvalue weighted by Crippen LogP contribution is -2.67. The monoisotopic (exact) mass is 798 g/mol. The van der Waals surface area contributed by atoms with Crippen LogP contribution in [0.5, 0.6) is 0 Å². The highest BCUT2D eigenvalue weighted by Gasteiger charge is 2.61. The predicted molar refractivity (Wildman–Crippen MR) is 227 cm³/mol. The minimum absolute atomic E-state index is 0.0323. The maximum Gasteiger partial charge on any atom is 0.192 e. The van der Waals surface area contributed by atoms with Crippen LogP contribution in [0.2, 0.25) is 18.1 Å². The molecule has 1 heterocycles. The highest BCUT2D eigenvalue weighted by molar-refractivity contribution is 8.18. The molecule has 300 valence electrons. The fourth-order valence-corrected chi connectivity index (χ4v) is 11.7. The average molecular weight is 799 g/mol. The summed E-state index contributed by atoms with van der Waals surface area (Å²) in [4.78, 5) is 0. The highest BCUT2D eigenvalue weighted by Crippen LogP contribution is 2.56. The van der Waals surface area contributed by atoms with E-state index < -0.39 is 48.7 Å². The molecule has 0 spiro atoms. The van der Waals surface area contributed by atoms with E-state index in [1.807, 2.05) is 61.5 Å². The van der Waals surface area contributed by atoms with Crippen LogP contribution in [0, 0.1) is 0 Å². The molecule has 0 unspecified atom stereocenters. The lowest BCUT2D eigenvalue weighted by molar-refractivity contribution is -0.280. The summed E-state index contributed by atoms with van der Waals surface area (Å²) in [7, 11) is -0.608. The van der Waals surface area contributed by atoms with Crippen LogP contribution in [0.25, 0.3) is 0 Å². The van der Waals surface area contributed by atoms with Crippen LogP contribution < -0.4 is 0 Å². The number of aliphatic hydroxyl groups is 1. The number of hydrogen-bond acceptors (Lipinski definition) is 9. The van der Waals surface area contributed by atoms with Gasteiger partial charge in [0.05, 0.1) is 48.3 Å². The molecular weight excluding hydrogens is 733 g/mol. The summed E-state index contributed by atoms with van der Waals surface area (Å²) >= 11 is 3.53. The normalized spacial score (nSPS) is 22.8. The van der Waals surface area contributed by atoms with Crippen molar-refractivity contribution in [2.24, 2.45) is 0 Å². The van der Waals surface area contributed by atoms with Crippen molar-refractivity contribution in [1.82, 2.24) is 0 Å². The second-order valence-corrected chi connectivity index (χ2v) is 24.0. The van der Waals surface area contributed by atoms with Crippen LogP contribution in [-0.4, -0.2) is 78.5 Å². The highest BCUT2D eigenvalue weighted by atomic mass is 32.2. The Morgan fingerprint density at radius 3 is 1.70 bits per heavy atom. The van der Waals surface area contributed by atoms with Crippen molar-refractivity contribution in [3.8, 4) is 0 Å². The van der Waals surface area contributed by atoms with Crippen LogP contribution in [0.3, 0.4) is 0 Å². The Bertz CT molecular complexity index is 1490. The summed E-state index contributed by atoms with van der Waals surface area (Å²) < 4.78 is 39.4. The largest absolute Gasteiger partial charge is 0.409 e. The van der Waals surface area contributed by atoms with Crippen LogP contribution in [0.4, 0.5) is 0 Å². The topological polar surface area (TPSA) is 75.6 Å². The van der Waals surface area contributed by atoms with Gasteiger partial charge >= 0.3 is 0 Å².